The van der Waals surface area contributed by atoms with E-state index < -0.39 is 28.5 Å². The van der Waals surface area contributed by atoms with Crippen molar-refractivity contribution < 1.29 is 27.5 Å². The Labute approximate surface area is 230 Å². The summed E-state index contributed by atoms with van der Waals surface area (Å²) in [4.78, 5) is 27.9. The molecule has 0 saturated carbocycles. The average Bonchev–Trinajstić information content (AvgIpc) is 2.95. The van der Waals surface area contributed by atoms with Crippen LogP contribution in [0.1, 0.15) is 18.1 Å². The summed E-state index contributed by atoms with van der Waals surface area (Å²) < 4.78 is 39.8. The summed E-state index contributed by atoms with van der Waals surface area (Å²) in [6.07, 6.45) is 0.487. The first-order valence-corrected chi connectivity index (χ1v) is 13.9. The fourth-order valence-electron chi connectivity index (χ4n) is 4.12. The fraction of sp³-hybridized carbons (Fsp3) is 0.310. The second-order valence-corrected chi connectivity index (χ2v) is 10.8. The zero-order chi connectivity index (χ0) is 28.6. The molecule has 3 rings (SSSR count). The van der Waals surface area contributed by atoms with Gasteiger partial charge >= 0.3 is 0 Å². The maximum atomic E-state index is 14.0. The van der Waals surface area contributed by atoms with Crippen LogP contribution in [0, 0.1) is 6.92 Å². The van der Waals surface area contributed by atoms with Gasteiger partial charge in [-0.1, -0.05) is 48.0 Å². The predicted molar refractivity (Wildman–Crippen MR) is 151 cm³/mol. The van der Waals surface area contributed by atoms with Gasteiger partial charge in [0, 0.05) is 19.7 Å². The number of hydrogen-bond donors (Lipinski definition) is 1. The lowest BCUT2D eigenvalue weighted by atomic mass is 10.1. The molecule has 0 saturated heterocycles. The number of anilines is 1. The first kappa shape index (κ1) is 29.5. The van der Waals surface area contributed by atoms with Crippen LogP contribution in [0.2, 0.25) is 0 Å². The van der Waals surface area contributed by atoms with E-state index in [9.17, 15) is 18.0 Å². The van der Waals surface area contributed by atoms with Gasteiger partial charge < -0.3 is 19.7 Å². The molecular formula is C29H35N3O6S. The highest BCUT2D eigenvalue weighted by Crippen LogP contribution is 2.36. The third-order valence-corrected chi connectivity index (χ3v) is 8.21. The second-order valence-electron chi connectivity index (χ2n) is 8.98. The summed E-state index contributed by atoms with van der Waals surface area (Å²) in [7, 11) is 0.153. The van der Waals surface area contributed by atoms with E-state index in [2.05, 4.69) is 5.32 Å². The third kappa shape index (κ3) is 7.08. The maximum Gasteiger partial charge on any atom is 0.264 e. The fourth-order valence-corrected chi connectivity index (χ4v) is 5.54. The largest absolute Gasteiger partial charge is 0.497 e. The molecule has 0 aliphatic rings. The molecule has 1 atom stereocenters. The van der Waals surface area contributed by atoms with Crippen LogP contribution in [-0.4, -0.2) is 65.5 Å². The minimum Gasteiger partial charge on any atom is -0.497 e. The van der Waals surface area contributed by atoms with Gasteiger partial charge in [-0.25, -0.2) is 8.42 Å². The number of benzene rings is 3. The number of nitrogens with one attached hydrogen (secondary N) is 1. The van der Waals surface area contributed by atoms with Crippen LogP contribution in [0.25, 0.3) is 0 Å². The summed E-state index contributed by atoms with van der Waals surface area (Å²) in [5, 5.41) is 2.58. The minimum absolute atomic E-state index is 0.0148. The zero-order valence-corrected chi connectivity index (χ0v) is 23.7. The molecule has 0 aromatic heterocycles. The number of carbonyl (C=O) groups excluding carboxylic acids is 2. The highest BCUT2D eigenvalue weighted by atomic mass is 32.2. The van der Waals surface area contributed by atoms with E-state index in [0.717, 1.165) is 15.4 Å². The summed E-state index contributed by atoms with van der Waals surface area (Å²) in [6.45, 7) is 3.13. The van der Waals surface area contributed by atoms with Gasteiger partial charge in [-0.2, -0.15) is 0 Å². The van der Waals surface area contributed by atoms with Gasteiger partial charge in [0.2, 0.25) is 11.8 Å². The number of hydrogen-bond acceptors (Lipinski definition) is 6. The Kier molecular flexibility index (Phi) is 9.95. The van der Waals surface area contributed by atoms with Crippen LogP contribution >= 0.6 is 0 Å². The summed E-state index contributed by atoms with van der Waals surface area (Å²) in [5.41, 5.74) is 2.02. The normalized spacial score (nSPS) is 11.8. The molecule has 0 fully saturated rings. The molecule has 0 spiro atoms. The van der Waals surface area contributed by atoms with Crippen LogP contribution in [0.4, 0.5) is 5.69 Å². The third-order valence-electron chi connectivity index (χ3n) is 6.44. The van der Waals surface area contributed by atoms with Gasteiger partial charge in [-0.15, -0.1) is 0 Å². The van der Waals surface area contributed by atoms with E-state index in [0.29, 0.717) is 12.2 Å². The number of sulfonamides is 1. The van der Waals surface area contributed by atoms with Crippen LogP contribution in [0.5, 0.6) is 11.5 Å². The zero-order valence-electron chi connectivity index (χ0n) is 22.9. The first-order valence-electron chi connectivity index (χ1n) is 12.5. The number of methoxy groups -OCH3 is 2. The number of likely N-dealkylation sites (N-methyl/N-ethyl adjacent to an activating group) is 1. The number of ether oxygens (including phenoxy) is 2. The lowest BCUT2D eigenvalue weighted by Crippen LogP contribution is -2.51. The SMILES string of the molecule is CNC(=O)[C@H](C)N(CCc1ccccc1)C(=O)CN(c1cc(OC)ccc1OC)S(=O)(=O)c1ccc(C)cc1. The molecule has 39 heavy (non-hydrogen) atoms. The van der Waals surface area contributed by atoms with E-state index in [1.54, 1.807) is 31.2 Å². The van der Waals surface area contributed by atoms with Gasteiger partial charge in [0.25, 0.3) is 10.0 Å². The molecule has 3 aromatic carbocycles. The van der Waals surface area contributed by atoms with E-state index in [1.165, 1.54) is 44.4 Å². The topological polar surface area (TPSA) is 105 Å². The number of rotatable bonds is 12. The van der Waals surface area contributed by atoms with Gasteiger partial charge in [-0.3, -0.25) is 13.9 Å². The van der Waals surface area contributed by atoms with Crippen molar-refractivity contribution in [3.63, 3.8) is 0 Å². The number of amides is 2. The highest BCUT2D eigenvalue weighted by Gasteiger charge is 2.33. The Morgan fingerprint density at radius 2 is 1.62 bits per heavy atom. The molecule has 0 bridgehead atoms. The summed E-state index contributed by atoms with van der Waals surface area (Å²) in [6, 6.07) is 19.8. The second kappa shape index (κ2) is 13.1. The molecule has 3 aromatic rings. The predicted octanol–water partition coefficient (Wildman–Crippen LogP) is 3.41. The first-order chi connectivity index (χ1) is 18.6. The van der Waals surface area contributed by atoms with Crippen molar-refractivity contribution in [1.29, 1.82) is 0 Å². The lowest BCUT2D eigenvalue weighted by molar-refractivity contribution is -0.138. The van der Waals surface area contributed by atoms with Crippen molar-refractivity contribution in [2.75, 3.05) is 38.7 Å². The summed E-state index contributed by atoms with van der Waals surface area (Å²) in [5.74, 6) is -0.262. The standard InChI is InChI=1S/C29H35N3O6S/c1-21-11-14-25(15-12-21)39(35,36)32(26-19-24(37-4)13-16-27(26)38-5)20-28(33)31(22(2)29(34)30-3)18-17-23-9-7-6-8-10-23/h6-16,19,22H,17-18,20H2,1-5H3,(H,30,34)/t22-/m0/s1. The van der Waals surface area contributed by atoms with Gasteiger partial charge in [0.1, 0.15) is 24.1 Å². The van der Waals surface area contributed by atoms with Crippen molar-refractivity contribution in [3.05, 3.63) is 83.9 Å². The Bertz CT molecular complexity index is 1380. The molecule has 10 heteroatoms. The average molecular weight is 554 g/mol. The van der Waals surface area contributed by atoms with Crippen LogP contribution < -0.4 is 19.1 Å². The molecular weight excluding hydrogens is 518 g/mol. The van der Waals surface area contributed by atoms with E-state index in [4.69, 9.17) is 9.47 Å². The van der Waals surface area contributed by atoms with E-state index in [-0.39, 0.29) is 28.8 Å². The van der Waals surface area contributed by atoms with Crippen LogP contribution in [0.3, 0.4) is 0 Å². The van der Waals surface area contributed by atoms with Crippen molar-refractivity contribution in [2.24, 2.45) is 0 Å². The molecule has 1 N–H and O–H groups in total. The summed E-state index contributed by atoms with van der Waals surface area (Å²) >= 11 is 0. The molecule has 208 valence electrons. The Morgan fingerprint density at radius 3 is 2.21 bits per heavy atom. The van der Waals surface area contributed by atoms with Crippen molar-refractivity contribution >= 4 is 27.5 Å². The molecule has 0 heterocycles. The van der Waals surface area contributed by atoms with Crippen molar-refractivity contribution in [1.82, 2.24) is 10.2 Å². The molecule has 9 nitrogen and oxygen atoms in total. The van der Waals surface area contributed by atoms with E-state index in [1.807, 2.05) is 37.3 Å². The van der Waals surface area contributed by atoms with E-state index >= 15 is 0 Å². The Morgan fingerprint density at radius 1 is 0.949 bits per heavy atom. The quantitative estimate of drug-likeness (QED) is 0.369. The van der Waals surface area contributed by atoms with Crippen LogP contribution in [0.15, 0.2) is 77.7 Å². The monoisotopic (exact) mass is 553 g/mol. The molecule has 2 amide bonds. The van der Waals surface area contributed by atoms with Crippen LogP contribution in [-0.2, 0) is 26.0 Å². The minimum atomic E-state index is -4.23. The number of carbonyl (C=O) groups is 2. The smallest absolute Gasteiger partial charge is 0.264 e. The number of aryl methyl sites for hydroxylation is 1. The van der Waals surface area contributed by atoms with Crippen molar-refractivity contribution in [3.8, 4) is 11.5 Å². The van der Waals surface area contributed by atoms with Gasteiger partial charge in [-0.05, 0) is 50.1 Å². The van der Waals surface area contributed by atoms with Crippen molar-refractivity contribution in [2.45, 2.75) is 31.2 Å². The maximum absolute atomic E-state index is 14.0. The molecule has 0 aliphatic carbocycles. The molecule has 0 unspecified atom stereocenters. The lowest BCUT2D eigenvalue weighted by Gasteiger charge is -2.32. The molecule has 0 aliphatic heterocycles. The molecule has 0 radical (unpaired) electrons. The number of nitrogens with zero attached hydrogens (tertiary/aromatic N) is 2. The van der Waals surface area contributed by atoms with Gasteiger partial charge in [0.15, 0.2) is 0 Å². The highest BCUT2D eigenvalue weighted by molar-refractivity contribution is 7.92. The Balaban J connectivity index is 2.07. The Hall–Kier alpha value is -4.05. The van der Waals surface area contributed by atoms with Gasteiger partial charge in [0.05, 0.1) is 24.8 Å².